The van der Waals surface area contributed by atoms with Crippen molar-refractivity contribution in [3.63, 3.8) is 0 Å². The predicted octanol–water partition coefficient (Wildman–Crippen LogP) is 3.10. The third kappa shape index (κ3) is 2.64. The Morgan fingerprint density at radius 3 is 2.90 bits per heavy atom. The maximum Gasteiger partial charge on any atom is 0.254 e. The number of ether oxygens (including phenoxy) is 1. The molecule has 2 amide bonds. The number of anilines is 1. The molecule has 3 aromatic rings. The summed E-state index contributed by atoms with van der Waals surface area (Å²) >= 11 is 1.38. The molecule has 0 saturated carbocycles. The minimum Gasteiger partial charge on any atom is -0.375 e. The molecule has 6 rings (SSSR count). The molecule has 8 heteroatoms. The number of nitrogens with zero attached hydrogens (tertiary/aromatic N) is 3. The fourth-order valence-electron chi connectivity index (χ4n) is 5.41. The number of hydrogen-bond acceptors (Lipinski definition) is 6. The van der Waals surface area contributed by atoms with Gasteiger partial charge in [-0.1, -0.05) is 41.7 Å². The third-order valence-corrected chi connectivity index (χ3v) is 7.64. The number of likely N-dealkylation sites (tertiary alicyclic amines) is 1. The van der Waals surface area contributed by atoms with Crippen LogP contribution in [0.15, 0.2) is 42.5 Å². The Morgan fingerprint density at radius 2 is 2.10 bits per heavy atom. The minimum absolute atomic E-state index is 0.0581. The third-order valence-electron chi connectivity index (χ3n) is 6.81. The van der Waals surface area contributed by atoms with Crippen molar-refractivity contribution in [3.05, 3.63) is 59.2 Å². The summed E-state index contributed by atoms with van der Waals surface area (Å²) in [6.45, 7) is 3.04. The molecule has 0 unspecified atom stereocenters. The summed E-state index contributed by atoms with van der Waals surface area (Å²) in [5.41, 5.74) is 8.57. The number of nitrogens with two attached hydrogens (primary N) is 1. The van der Waals surface area contributed by atoms with E-state index in [1.165, 1.54) is 11.3 Å². The van der Waals surface area contributed by atoms with E-state index in [1.807, 2.05) is 59.2 Å². The SMILES string of the molecule is Cc1cc(C(=O)N2CC[C@@]34O[C@@H](c5ccccc5)CN3C(=O)C[C@@H]24)cc2sc(N)nc12. The Labute approximate surface area is 183 Å². The molecule has 3 saturated heterocycles. The molecule has 158 valence electrons. The van der Waals surface area contributed by atoms with Gasteiger partial charge >= 0.3 is 0 Å². The van der Waals surface area contributed by atoms with Crippen molar-refractivity contribution in [2.24, 2.45) is 0 Å². The van der Waals surface area contributed by atoms with Crippen molar-refractivity contribution < 1.29 is 14.3 Å². The Morgan fingerprint density at radius 1 is 1.29 bits per heavy atom. The lowest BCUT2D eigenvalue weighted by molar-refractivity contribution is -0.138. The number of carbonyl (C=O) groups excluding carboxylic acids is 2. The molecule has 0 radical (unpaired) electrons. The van der Waals surface area contributed by atoms with Gasteiger partial charge in [0.2, 0.25) is 5.91 Å². The highest BCUT2D eigenvalue weighted by molar-refractivity contribution is 7.22. The van der Waals surface area contributed by atoms with E-state index >= 15 is 0 Å². The van der Waals surface area contributed by atoms with E-state index in [-0.39, 0.29) is 24.0 Å². The van der Waals surface area contributed by atoms with Gasteiger partial charge in [0.15, 0.2) is 10.9 Å². The number of fused-ring (bicyclic) bond motifs is 1. The van der Waals surface area contributed by atoms with Gasteiger partial charge in [-0.15, -0.1) is 0 Å². The molecule has 2 N–H and O–H groups in total. The average molecular weight is 435 g/mol. The van der Waals surface area contributed by atoms with Crippen molar-refractivity contribution in [2.45, 2.75) is 37.6 Å². The van der Waals surface area contributed by atoms with Crippen LogP contribution in [-0.4, -0.2) is 51.5 Å². The number of aromatic nitrogens is 1. The Kier molecular flexibility index (Phi) is 3.94. The van der Waals surface area contributed by atoms with Crippen LogP contribution >= 0.6 is 11.3 Å². The maximum absolute atomic E-state index is 13.5. The van der Waals surface area contributed by atoms with E-state index < -0.39 is 5.72 Å². The van der Waals surface area contributed by atoms with Crippen LogP contribution in [-0.2, 0) is 9.53 Å². The van der Waals surface area contributed by atoms with Gasteiger partial charge in [0.05, 0.1) is 29.2 Å². The van der Waals surface area contributed by atoms with E-state index in [4.69, 9.17) is 10.5 Å². The fourth-order valence-corrected chi connectivity index (χ4v) is 6.26. The van der Waals surface area contributed by atoms with Crippen LogP contribution < -0.4 is 5.73 Å². The van der Waals surface area contributed by atoms with Crippen molar-refractivity contribution in [1.29, 1.82) is 0 Å². The summed E-state index contributed by atoms with van der Waals surface area (Å²) in [5, 5.41) is 0.492. The van der Waals surface area contributed by atoms with Crippen LogP contribution in [0.1, 0.15) is 40.4 Å². The zero-order valence-corrected chi connectivity index (χ0v) is 17.9. The summed E-state index contributed by atoms with van der Waals surface area (Å²) in [5.74, 6) is -0.0111. The quantitative estimate of drug-likeness (QED) is 0.670. The number of carbonyl (C=O) groups is 2. The fraction of sp³-hybridized carbons (Fsp3) is 0.348. The van der Waals surface area contributed by atoms with Crippen molar-refractivity contribution in [1.82, 2.24) is 14.8 Å². The molecule has 1 spiro atoms. The van der Waals surface area contributed by atoms with Crippen LogP contribution in [0, 0.1) is 6.92 Å². The molecule has 3 aliphatic rings. The molecule has 7 nitrogen and oxygen atoms in total. The van der Waals surface area contributed by atoms with Gasteiger partial charge in [-0.2, -0.15) is 0 Å². The number of hydrogen-bond donors (Lipinski definition) is 1. The number of aryl methyl sites for hydroxylation is 1. The van der Waals surface area contributed by atoms with E-state index in [0.717, 1.165) is 21.3 Å². The number of rotatable bonds is 2. The largest absolute Gasteiger partial charge is 0.375 e. The molecule has 2 aromatic carbocycles. The molecule has 0 aliphatic carbocycles. The van der Waals surface area contributed by atoms with Crippen molar-refractivity contribution in [3.8, 4) is 0 Å². The van der Waals surface area contributed by atoms with Crippen LogP contribution in [0.25, 0.3) is 10.2 Å². The first-order valence-electron chi connectivity index (χ1n) is 10.5. The maximum atomic E-state index is 13.5. The molecule has 31 heavy (non-hydrogen) atoms. The second kappa shape index (κ2) is 6.51. The lowest BCUT2D eigenvalue weighted by atomic mass is 10.0. The summed E-state index contributed by atoms with van der Waals surface area (Å²) < 4.78 is 7.46. The van der Waals surface area contributed by atoms with E-state index in [9.17, 15) is 9.59 Å². The number of amides is 2. The zero-order valence-electron chi connectivity index (χ0n) is 17.1. The molecular formula is C23H22N4O3S. The lowest BCUT2D eigenvalue weighted by Gasteiger charge is -2.32. The van der Waals surface area contributed by atoms with Gasteiger partial charge < -0.3 is 20.3 Å². The average Bonchev–Trinajstić information content (AvgIpc) is 3.48. The molecule has 3 atom stereocenters. The smallest absolute Gasteiger partial charge is 0.254 e. The van der Waals surface area contributed by atoms with E-state index in [0.29, 0.717) is 36.6 Å². The normalized spacial score (nSPS) is 27.2. The minimum atomic E-state index is -0.721. The lowest BCUT2D eigenvalue weighted by Crippen LogP contribution is -2.48. The second-order valence-electron chi connectivity index (χ2n) is 8.53. The summed E-state index contributed by atoms with van der Waals surface area (Å²) in [7, 11) is 0. The highest BCUT2D eigenvalue weighted by Gasteiger charge is 2.65. The van der Waals surface area contributed by atoms with Crippen LogP contribution in [0.5, 0.6) is 0 Å². The predicted molar refractivity (Wildman–Crippen MR) is 118 cm³/mol. The first kappa shape index (κ1) is 18.8. The van der Waals surface area contributed by atoms with Crippen molar-refractivity contribution in [2.75, 3.05) is 18.8 Å². The summed E-state index contributed by atoms with van der Waals surface area (Å²) in [6.07, 6.45) is 0.775. The van der Waals surface area contributed by atoms with Crippen LogP contribution in [0.2, 0.25) is 0 Å². The topological polar surface area (TPSA) is 88.8 Å². The Balaban J connectivity index is 1.33. The number of nitrogen functional groups attached to an aromatic ring is 1. The molecular weight excluding hydrogens is 412 g/mol. The molecule has 3 fully saturated rings. The van der Waals surface area contributed by atoms with Gasteiger partial charge in [-0.25, -0.2) is 4.98 Å². The highest BCUT2D eigenvalue weighted by Crippen LogP contribution is 2.51. The van der Waals surface area contributed by atoms with Gasteiger partial charge in [0, 0.05) is 18.5 Å². The number of thiazole rings is 1. The summed E-state index contributed by atoms with van der Waals surface area (Å²) in [6, 6.07) is 13.4. The monoisotopic (exact) mass is 434 g/mol. The van der Waals surface area contributed by atoms with Gasteiger partial charge in [0.25, 0.3) is 5.91 Å². The standard InChI is InChI=1S/C23H22N4O3S/c1-13-9-15(10-17-20(13)25-22(24)31-17)21(29)26-8-7-23-18(26)11-19(28)27(23)12-16(30-23)14-5-3-2-4-6-14/h2-6,9-10,16,18H,7-8,11-12H2,1H3,(H2,24,25)/t16-,18-,23+/m1/s1. The zero-order chi connectivity index (χ0) is 21.3. The highest BCUT2D eigenvalue weighted by atomic mass is 32.1. The molecule has 1 aromatic heterocycles. The first-order valence-corrected chi connectivity index (χ1v) is 11.3. The van der Waals surface area contributed by atoms with Gasteiger partial charge in [-0.05, 0) is 30.2 Å². The van der Waals surface area contributed by atoms with Crippen molar-refractivity contribution >= 4 is 38.5 Å². The van der Waals surface area contributed by atoms with Crippen LogP contribution in [0.3, 0.4) is 0 Å². The Hall–Kier alpha value is -2.97. The second-order valence-corrected chi connectivity index (χ2v) is 9.59. The molecule has 3 aliphatic heterocycles. The molecule has 0 bridgehead atoms. The van der Waals surface area contributed by atoms with Gasteiger partial charge in [-0.3, -0.25) is 9.59 Å². The molecule has 4 heterocycles. The van der Waals surface area contributed by atoms with Gasteiger partial charge in [0.1, 0.15) is 6.10 Å². The van der Waals surface area contributed by atoms with Crippen LogP contribution in [0.4, 0.5) is 5.13 Å². The van der Waals surface area contributed by atoms with E-state index in [2.05, 4.69) is 4.98 Å². The first-order chi connectivity index (χ1) is 15.0. The summed E-state index contributed by atoms with van der Waals surface area (Å²) in [4.78, 5) is 34.4. The number of benzene rings is 2. The Bertz CT molecular complexity index is 1230. The van der Waals surface area contributed by atoms with E-state index in [1.54, 1.807) is 0 Å².